The summed E-state index contributed by atoms with van der Waals surface area (Å²) in [5, 5.41) is 6.95. The van der Waals surface area contributed by atoms with Crippen molar-refractivity contribution >= 4 is 38.7 Å². The number of hydrogen-bond acceptors (Lipinski definition) is 5. The standard InChI is InChI=1S/C30H28N6.C2H6/c1-18-10-22-12-21(4-7-28(22)34-14-18)13-29-35-15-24-6-5-23(17-36(24)29)33-16-27-19(2)11-26-25(20(27)3)8-9-32-30(26)31;1-2/h4-12,14-15,17,33H,13,16H2,1-3H3,(H2,31,32);1-2H3. The molecule has 6 rings (SSSR count). The van der Waals surface area contributed by atoms with Gasteiger partial charge in [-0.25, -0.2) is 9.97 Å². The molecule has 38 heavy (non-hydrogen) atoms. The van der Waals surface area contributed by atoms with Crippen molar-refractivity contribution in [2.24, 2.45) is 0 Å². The Hall–Kier alpha value is -4.45. The number of anilines is 2. The number of aromatic nitrogens is 4. The van der Waals surface area contributed by atoms with Gasteiger partial charge in [-0.1, -0.05) is 19.9 Å². The summed E-state index contributed by atoms with van der Waals surface area (Å²) in [5.74, 6) is 1.59. The van der Waals surface area contributed by atoms with Gasteiger partial charge in [-0.3, -0.25) is 4.98 Å². The van der Waals surface area contributed by atoms with Crippen LogP contribution in [0.2, 0.25) is 0 Å². The average Bonchev–Trinajstić information content (AvgIpc) is 3.32. The molecule has 0 saturated heterocycles. The molecule has 6 nitrogen and oxygen atoms in total. The van der Waals surface area contributed by atoms with Crippen LogP contribution in [-0.2, 0) is 13.0 Å². The van der Waals surface area contributed by atoms with E-state index in [1.54, 1.807) is 6.20 Å². The van der Waals surface area contributed by atoms with Gasteiger partial charge in [0.2, 0.25) is 0 Å². The van der Waals surface area contributed by atoms with E-state index in [0.717, 1.165) is 51.7 Å². The molecule has 3 N–H and O–H groups in total. The monoisotopic (exact) mass is 502 g/mol. The number of aryl methyl sites for hydroxylation is 3. The van der Waals surface area contributed by atoms with Crippen molar-refractivity contribution in [2.45, 2.75) is 47.6 Å². The van der Waals surface area contributed by atoms with Crippen molar-refractivity contribution in [3.8, 4) is 0 Å². The highest BCUT2D eigenvalue weighted by Crippen LogP contribution is 2.28. The minimum absolute atomic E-state index is 0.578. The first-order valence-electron chi connectivity index (χ1n) is 13.1. The second-order valence-corrected chi connectivity index (χ2v) is 9.55. The van der Waals surface area contributed by atoms with Gasteiger partial charge in [0.15, 0.2) is 0 Å². The van der Waals surface area contributed by atoms with E-state index >= 15 is 0 Å². The molecule has 192 valence electrons. The largest absolute Gasteiger partial charge is 0.383 e. The summed E-state index contributed by atoms with van der Waals surface area (Å²) in [5.41, 5.74) is 15.4. The van der Waals surface area contributed by atoms with Gasteiger partial charge < -0.3 is 15.5 Å². The highest BCUT2D eigenvalue weighted by molar-refractivity contribution is 5.94. The van der Waals surface area contributed by atoms with Gasteiger partial charge in [0, 0.05) is 42.3 Å². The maximum Gasteiger partial charge on any atom is 0.131 e. The first-order valence-corrected chi connectivity index (χ1v) is 13.1. The van der Waals surface area contributed by atoms with Crippen molar-refractivity contribution in [1.29, 1.82) is 0 Å². The van der Waals surface area contributed by atoms with Crippen LogP contribution in [0.4, 0.5) is 11.5 Å². The first kappa shape index (κ1) is 25.2. The van der Waals surface area contributed by atoms with Crippen molar-refractivity contribution in [2.75, 3.05) is 11.1 Å². The van der Waals surface area contributed by atoms with Crippen molar-refractivity contribution in [3.63, 3.8) is 0 Å². The Bertz CT molecular complexity index is 1770. The lowest BCUT2D eigenvalue weighted by atomic mass is 9.96. The molecule has 0 atom stereocenters. The number of benzene rings is 2. The maximum atomic E-state index is 6.12. The maximum absolute atomic E-state index is 6.12. The predicted octanol–water partition coefficient (Wildman–Crippen LogP) is 7.17. The van der Waals surface area contributed by atoms with Crippen LogP contribution < -0.4 is 11.1 Å². The van der Waals surface area contributed by atoms with Gasteiger partial charge >= 0.3 is 0 Å². The third-order valence-electron chi connectivity index (χ3n) is 7.03. The van der Waals surface area contributed by atoms with E-state index in [0.29, 0.717) is 5.82 Å². The van der Waals surface area contributed by atoms with E-state index in [1.807, 2.05) is 32.3 Å². The molecule has 6 heteroatoms. The van der Waals surface area contributed by atoms with Crippen LogP contribution in [0.15, 0.2) is 73.3 Å². The molecule has 0 aliphatic heterocycles. The molecule has 0 bridgehead atoms. The fraction of sp³-hybridized carbons (Fsp3) is 0.219. The minimum atomic E-state index is 0.578. The molecular weight excluding hydrogens is 468 g/mol. The summed E-state index contributed by atoms with van der Waals surface area (Å²) in [6.45, 7) is 11.1. The Morgan fingerprint density at radius 1 is 0.868 bits per heavy atom. The van der Waals surface area contributed by atoms with E-state index in [2.05, 4.69) is 89.1 Å². The lowest BCUT2D eigenvalue weighted by molar-refractivity contribution is 0.960. The molecule has 0 unspecified atom stereocenters. The Balaban J connectivity index is 0.00000144. The molecule has 0 radical (unpaired) electrons. The van der Waals surface area contributed by atoms with E-state index in [-0.39, 0.29) is 0 Å². The van der Waals surface area contributed by atoms with Crippen molar-refractivity contribution in [1.82, 2.24) is 19.4 Å². The zero-order valence-corrected chi connectivity index (χ0v) is 22.7. The van der Waals surface area contributed by atoms with Gasteiger partial charge in [-0.05, 0) is 96.4 Å². The van der Waals surface area contributed by atoms with Crippen LogP contribution >= 0.6 is 0 Å². The van der Waals surface area contributed by atoms with E-state index in [1.165, 1.54) is 27.8 Å². The number of nitrogens with two attached hydrogens (primary N) is 1. The van der Waals surface area contributed by atoms with Crippen LogP contribution in [0.5, 0.6) is 0 Å². The number of imidazole rings is 1. The second-order valence-electron chi connectivity index (χ2n) is 9.55. The summed E-state index contributed by atoms with van der Waals surface area (Å²) in [7, 11) is 0. The van der Waals surface area contributed by atoms with Crippen molar-refractivity contribution in [3.05, 3.63) is 107 Å². The molecule has 0 spiro atoms. The molecule has 2 aromatic carbocycles. The van der Waals surface area contributed by atoms with E-state index < -0.39 is 0 Å². The zero-order valence-electron chi connectivity index (χ0n) is 22.7. The van der Waals surface area contributed by atoms with Gasteiger partial charge in [0.25, 0.3) is 0 Å². The quantitative estimate of drug-likeness (QED) is 0.261. The smallest absolute Gasteiger partial charge is 0.131 e. The zero-order chi connectivity index (χ0) is 26.8. The molecule has 0 aliphatic carbocycles. The molecule has 0 aliphatic rings. The Kier molecular flexibility index (Phi) is 6.97. The normalized spacial score (nSPS) is 11.1. The van der Waals surface area contributed by atoms with Crippen LogP contribution in [-0.4, -0.2) is 19.4 Å². The minimum Gasteiger partial charge on any atom is -0.383 e. The molecule has 4 heterocycles. The van der Waals surface area contributed by atoms with E-state index in [4.69, 9.17) is 10.7 Å². The molecular formula is C32H34N6. The van der Waals surface area contributed by atoms with Gasteiger partial charge in [-0.2, -0.15) is 0 Å². The first-order chi connectivity index (χ1) is 18.5. The number of fused-ring (bicyclic) bond motifs is 3. The number of nitrogens with one attached hydrogen (secondary N) is 1. The molecule has 4 aromatic heterocycles. The fourth-order valence-corrected chi connectivity index (χ4v) is 5.06. The number of nitrogens with zero attached hydrogens (tertiary/aromatic N) is 4. The van der Waals surface area contributed by atoms with Gasteiger partial charge in [0.1, 0.15) is 11.6 Å². The molecule has 0 saturated carbocycles. The predicted molar refractivity (Wildman–Crippen MR) is 159 cm³/mol. The summed E-state index contributed by atoms with van der Waals surface area (Å²) >= 11 is 0. The summed E-state index contributed by atoms with van der Waals surface area (Å²) in [4.78, 5) is 13.5. The number of nitrogen functional groups attached to an aromatic ring is 1. The van der Waals surface area contributed by atoms with Crippen molar-refractivity contribution < 1.29 is 0 Å². The Morgan fingerprint density at radius 2 is 1.71 bits per heavy atom. The third-order valence-corrected chi connectivity index (χ3v) is 7.03. The third kappa shape index (κ3) is 4.77. The van der Waals surface area contributed by atoms with E-state index in [9.17, 15) is 0 Å². The SMILES string of the molecule is CC.Cc1cnc2ccc(Cc3ncc4ccc(NCc5c(C)cc6c(N)nccc6c5C)cn34)cc2c1. The van der Waals surface area contributed by atoms with Gasteiger partial charge in [0.05, 0.1) is 22.9 Å². The number of hydrogen-bond donors (Lipinski definition) is 2. The summed E-state index contributed by atoms with van der Waals surface area (Å²) in [6.07, 6.45) is 8.50. The topological polar surface area (TPSA) is 81.1 Å². The Labute approximate surface area is 223 Å². The molecule has 0 amide bonds. The highest BCUT2D eigenvalue weighted by atomic mass is 15.0. The summed E-state index contributed by atoms with van der Waals surface area (Å²) < 4.78 is 2.17. The lowest BCUT2D eigenvalue weighted by Crippen LogP contribution is -2.06. The Morgan fingerprint density at radius 3 is 2.55 bits per heavy atom. The number of pyridine rings is 3. The van der Waals surface area contributed by atoms with Crippen LogP contribution in [0.25, 0.3) is 27.2 Å². The summed E-state index contributed by atoms with van der Waals surface area (Å²) in [6, 6.07) is 17.0. The van der Waals surface area contributed by atoms with Crippen LogP contribution in [0.1, 0.15) is 47.5 Å². The second kappa shape index (κ2) is 10.5. The molecule has 0 fully saturated rings. The van der Waals surface area contributed by atoms with Crippen LogP contribution in [0, 0.1) is 20.8 Å². The highest BCUT2D eigenvalue weighted by Gasteiger charge is 2.11. The van der Waals surface area contributed by atoms with Gasteiger partial charge in [-0.15, -0.1) is 0 Å². The van der Waals surface area contributed by atoms with Crippen LogP contribution in [0.3, 0.4) is 0 Å². The average molecular weight is 503 g/mol. The molecule has 6 aromatic rings. The number of rotatable bonds is 5. The fourth-order valence-electron chi connectivity index (χ4n) is 5.06. The lowest BCUT2D eigenvalue weighted by Gasteiger charge is -2.16.